The molecule has 1 aromatic heterocycles. The van der Waals surface area contributed by atoms with E-state index in [9.17, 15) is 10.1 Å². The van der Waals surface area contributed by atoms with Gasteiger partial charge in [-0.05, 0) is 49.6 Å². The summed E-state index contributed by atoms with van der Waals surface area (Å²) in [5.41, 5.74) is 3.68. The average molecular weight is 288 g/mol. The zero-order valence-corrected chi connectivity index (χ0v) is 12.6. The summed E-state index contributed by atoms with van der Waals surface area (Å²) in [4.78, 5) is 10.2. The van der Waals surface area contributed by atoms with E-state index in [-0.39, 0.29) is 11.9 Å². The van der Waals surface area contributed by atoms with E-state index in [4.69, 9.17) is 4.42 Å². The molecule has 0 aliphatic heterocycles. The lowest BCUT2D eigenvalue weighted by atomic mass is 10.00. The van der Waals surface area contributed by atoms with E-state index in [1.165, 1.54) is 22.8 Å². The number of aryl methyl sites for hydroxylation is 2. The van der Waals surface area contributed by atoms with Crippen LogP contribution in [0.5, 0.6) is 0 Å². The summed E-state index contributed by atoms with van der Waals surface area (Å²) in [6.07, 6.45) is 0.736. The van der Waals surface area contributed by atoms with Gasteiger partial charge >= 0.3 is 5.88 Å². The standard InChI is InChI=1S/C16H20N2O3/c1-4-17-14(15-7-8-16(21-15)18(19)20)10-13-6-5-11(2)12(3)9-13/h5-9,14,17H,4,10H2,1-3H3. The first-order chi connectivity index (χ1) is 10.0. The molecule has 21 heavy (non-hydrogen) atoms. The minimum atomic E-state index is -0.511. The van der Waals surface area contributed by atoms with Crippen molar-refractivity contribution < 1.29 is 9.34 Å². The van der Waals surface area contributed by atoms with Crippen molar-refractivity contribution in [2.45, 2.75) is 33.2 Å². The lowest BCUT2D eigenvalue weighted by molar-refractivity contribution is -0.402. The fourth-order valence-electron chi connectivity index (χ4n) is 2.31. The van der Waals surface area contributed by atoms with Gasteiger partial charge in [-0.15, -0.1) is 0 Å². The lowest BCUT2D eigenvalue weighted by Crippen LogP contribution is -2.22. The van der Waals surface area contributed by atoms with Crippen molar-refractivity contribution >= 4 is 5.88 Å². The summed E-state index contributed by atoms with van der Waals surface area (Å²) >= 11 is 0. The van der Waals surface area contributed by atoms with E-state index >= 15 is 0 Å². The molecule has 0 fully saturated rings. The van der Waals surface area contributed by atoms with Gasteiger partial charge in [-0.2, -0.15) is 0 Å². The third-order valence-corrected chi connectivity index (χ3v) is 3.60. The molecule has 112 valence electrons. The zero-order chi connectivity index (χ0) is 15.4. The Hall–Kier alpha value is -2.14. The largest absolute Gasteiger partial charge is 0.433 e. The van der Waals surface area contributed by atoms with Crippen LogP contribution in [0, 0.1) is 24.0 Å². The van der Waals surface area contributed by atoms with E-state index < -0.39 is 4.92 Å². The second kappa shape index (κ2) is 6.54. The Morgan fingerprint density at radius 1 is 1.24 bits per heavy atom. The first kappa shape index (κ1) is 15.3. The molecule has 0 aliphatic rings. The summed E-state index contributed by atoms with van der Waals surface area (Å²) in [5, 5.41) is 14.0. The smallest absolute Gasteiger partial charge is 0.404 e. The highest BCUT2D eigenvalue weighted by Crippen LogP contribution is 2.25. The van der Waals surface area contributed by atoms with Crippen LogP contribution in [-0.4, -0.2) is 11.5 Å². The Kier molecular flexibility index (Phi) is 4.75. The van der Waals surface area contributed by atoms with Gasteiger partial charge in [0.15, 0.2) is 0 Å². The van der Waals surface area contributed by atoms with Crippen molar-refractivity contribution in [3.05, 3.63) is 62.9 Å². The summed E-state index contributed by atoms with van der Waals surface area (Å²) in [5.74, 6) is 0.384. The van der Waals surface area contributed by atoms with Gasteiger partial charge in [0, 0.05) is 0 Å². The SMILES string of the molecule is CCNC(Cc1ccc(C)c(C)c1)c1ccc([N+](=O)[O-])o1. The molecule has 1 aromatic carbocycles. The third-order valence-electron chi connectivity index (χ3n) is 3.60. The third kappa shape index (κ3) is 3.70. The summed E-state index contributed by atoms with van der Waals surface area (Å²) in [6, 6.07) is 9.34. The van der Waals surface area contributed by atoms with Crippen molar-refractivity contribution in [1.82, 2.24) is 5.32 Å². The number of hydrogen-bond donors (Lipinski definition) is 1. The Morgan fingerprint density at radius 2 is 2.00 bits per heavy atom. The number of hydrogen-bond acceptors (Lipinski definition) is 4. The van der Waals surface area contributed by atoms with E-state index in [0.29, 0.717) is 5.76 Å². The summed E-state index contributed by atoms with van der Waals surface area (Å²) < 4.78 is 5.32. The van der Waals surface area contributed by atoms with Crippen LogP contribution >= 0.6 is 0 Å². The van der Waals surface area contributed by atoms with E-state index in [1.54, 1.807) is 6.07 Å². The van der Waals surface area contributed by atoms with Crippen LogP contribution in [0.4, 0.5) is 5.88 Å². The predicted molar refractivity (Wildman–Crippen MR) is 81.4 cm³/mol. The van der Waals surface area contributed by atoms with Crippen LogP contribution in [0.2, 0.25) is 0 Å². The van der Waals surface area contributed by atoms with Crippen molar-refractivity contribution in [3.63, 3.8) is 0 Å². The lowest BCUT2D eigenvalue weighted by Gasteiger charge is -2.16. The quantitative estimate of drug-likeness (QED) is 0.650. The second-order valence-corrected chi connectivity index (χ2v) is 5.17. The van der Waals surface area contributed by atoms with Crippen LogP contribution < -0.4 is 5.32 Å². The number of furan rings is 1. The molecule has 0 saturated carbocycles. The van der Waals surface area contributed by atoms with Gasteiger partial charge in [-0.1, -0.05) is 25.1 Å². The fraction of sp³-hybridized carbons (Fsp3) is 0.375. The van der Waals surface area contributed by atoms with E-state index in [2.05, 4.69) is 37.4 Å². The van der Waals surface area contributed by atoms with E-state index in [1.807, 2.05) is 6.92 Å². The normalized spacial score (nSPS) is 12.3. The first-order valence-electron chi connectivity index (χ1n) is 7.05. The monoisotopic (exact) mass is 288 g/mol. The van der Waals surface area contributed by atoms with Gasteiger partial charge < -0.3 is 9.73 Å². The van der Waals surface area contributed by atoms with Crippen molar-refractivity contribution in [1.29, 1.82) is 0 Å². The minimum Gasteiger partial charge on any atom is -0.404 e. The van der Waals surface area contributed by atoms with Gasteiger partial charge in [-0.3, -0.25) is 10.1 Å². The number of nitrogens with zero attached hydrogens (tertiary/aromatic N) is 1. The number of benzene rings is 1. The Balaban J connectivity index is 2.21. The highest BCUT2D eigenvalue weighted by molar-refractivity contribution is 5.31. The molecule has 0 saturated heterocycles. The summed E-state index contributed by atoms with van der Waals surface area (Å²) in [7, 11) is 0. The molecule has 1 heterocycles. The molecule has 0 amide bonds. The predicted octanol–water partition coefficient (Wildman–Crippen LogP) is 3.70. The highest BCUT2D eigenvalue weighted by Gasteiger charge is 2.19. The molecule has 0 bridgehead atoms. The Labute approximate surface area is 124 Å². The van der Waals surface area contributed by atoms with E-state index in [0.717, 1.165) is 13.0 Å². The molecule has 1 unspecified atom stereocenters. The van der Waals surface area contributed by atoms with Gasteiger partial charge in [-0.25, -0.2) is 0 Å². The van der Waals surface area contributed by atoms with Gasteiger partial charge in [0.1, 0.15) is 10.7 Å². The molecule has 0 radical (unpaired) electrons. The van der Waals surface area contributed by atoms with Gasteiger partial charge in [0.25, 0.3) is 0 Å². The molecular weight excluding hydrogens is 268 g/mol. The van der Waals surface area contributed by atoms with Gasteiger partial charge in [0.2, 0.25) is 0 Å². The Morgan fingerprint density at radius 3 is 2.57 bits per heavy atom. The molecule has 2 aromatic rings. The molecule has 5 heteroatoms. The molecular formula is C16H20N2O3. The minimum absolute atomic E-state index is 0.0641. The molecule has 2 rings (SSSR count). The van der Waals surface area contributed by atoms with Crippen molar-refractivity contribution in [2.75, 3.05) is 6.54 Å². The van der Waals surface area contributed by atoms with Crippen LogP contribution in [0.25, 0.3) is 0 Å². The molecule has 0 spiro atoms. The number of rotatable bonds is 6. The number of likely N-dealkylation sites (N-methyl/N-ethyl adjacent to an activating group) is 1. The van der Waals surface area contributed by atoms with Gasteiger partial charge in [0.05, 0.1) is 12.1 Å². The molecule has 5 nitrogen and oxygen atoms in total. The highest BCUT2D eigenvalue weighted by atomic mass is 16.6. The second-order valence-electron chi connectivity index (χ2n) is 5.17. The molecule has 1 N–H and O–H groups in total. The topological polar surface area (TPSA) is 68.3 Å². The number of nitrogens with one attached hydrogen (secondary N) is 1. The fourth-order valence-corrected chi connectivity index (χ4v) is 2.31. The van der Waals surface area contributed by atoms with Crippen molar-refractivity contribution in [2.24, 2.45) is 0 Å². The molecule has 0 aliphatic carbocycles. The number of nitro groups is 1. The first-order valence-corrected chi connectivity index (χ1v) is 7.05. The maximum absolute atomic E-state index is 10.7. The van der Waals surface area contributed by atoms with Crippen LogP contribution in [0.15, 0.2) is 34.7 Å². The van der Waals surface area contributed by atoms with Crippen LogP contribution in [-0.2, 0) is 6.42 Å². The van der Waals surface area contributed by atoms with Crippen molar-refractivity contribution in [3.8, 4) is 0 Å². The summed E-state index contributed by atoms with van der Waals surface area (Å²) in [6.45, 7) is 6.93. The molecule has 1 atom stereocenters. The maximum atomic E-state index is 10.7. The Bertz CT molecular complexity index is 634. The maximum Gasteiger partial charge on any atom is 0.433 e. The zero-order valence-electron chi connectivity index (χ0n) is 12.6. The average Bonchev–Trinajstić information content (AvgIpc) is 2.92. The van der Waals surface area contributed by atoms with Crippen LogP contribution in [0.1, 0.15) is 35.4 Å². The van der Waals surface area contributed by atoms with Crippen LogP contribution in [0.3, 0.4) is 0 Å².